The van der Waals surface area contributed by atoms with E-state index in [4.69, 9.17) is 15.4 Å². The third-order valence-electron chi connectivity index (χ3n) is 4.01. The van der Waals surface area contributed by atoms with Gasteiger partial charge in [-0.1, -0.05) is 5.16 Å². The molecule has 0 atom stereocenters. The van der Waals surface area contributed by atoms with Crippen LogP contribution in [0, 0.1) is 19.7 Å². The second kappa shape index (κ2) is 5.97. The summed E-state index contributed by atoms with van der Waals surface area (Å²) in [5.74, 6) is -0.386. The van der Waals surface area contributed by atoms with Gasteiger partial charge in [-0.15, -0.1) is 0 Å². The van der Waals surface area contributed by atoms with Crippen molar-refractivity contribution in [2.75, 3.05) is 0 Å². The number of rotatable bonds is 3. The second-order valence-electron chi connectivity index (χ2n) is 5.70. The van der Waals surface area contributed by atoms with Gasteiger partial charge in [-0.05, 0) is 31.5 Å². The summed E-state index contributed by atoms with van der Waals surface area (Å²) in [6.45, 7) is 3.61. The van der Waals surface area contributed by atoms with E-state index in [0.717, 1.165) is 11.6 Å². The molecule has 0 aliphatic rings. The summed E-state index contributed by atoms with van der Waals surface area (Å²) >= 11 is 0. The first-order valence-corrected chi connectivity index (χ1v) is 7.44. The minimum Gasteiger partial charge on any atom is -0.508 e. The summed E-state index contributed by atoms with van der Waals surface area (Å²) in [4.78, 5) is 0. The molecule has 0 unspecified atom stereocenters. The number of aromatic nitrogens is 2. The summed E-state index contributed by atoms with van der Waals surface area (Å²) in [7, 11) is 1.61. The first-order chi connectivity index (χ1) is 11.8. The molecule has 0 aliphatic heterocycles. The Hall–Kier alpha value is -3.29. The van der Waals surface area contributed by atoms with Crippen molar-refractivity contribution in [2.45, 2.75) is 13.8 Å². The number of aromatic hydroxyl groups is 1. The quantitative estimate of drug-likeness (QED) is 0.293. The van der Waals surface area contributed by atoms with Crippen LogP contribution in [-0.4, -0.2) is 25.9 Å². The van der Waals surface area contributed by atoms with Crippen LogP contribution in [0.1, 0.15) is 17.0 Å². The average Bonchev–Trinajstić information content (AvgIpc) is 3.06. The van der Waals surface area contributed by atoms with Gasteiger partial charge in [0.15, 0.2) is 5.84 Å². The van der Waals surface area contributed by atoms with Gasteiger partial charge in [0.1, 0.15) is 28.7 Å². The van der Waals surface area contributed by atoms with Crippen molar-refractivity contribution in [1.29, 1.82) is 0 Å². The normalized spacial score (nSPS) is 11.9. The van der Waals surface area contributed by atoms with Gasteiger partial charge in [-0.3, -0.25) is 4.68 Å². The Morgan fingerprint density at radius 1 is 1.32 bits per heavy atom. The predicted octanol–water partition coefficient (Wildman–Crippen LogP) is 2.90. The molecule has 1 aromatic carbocycles. The van der Waals surface area contributed by atoms with E-state index >= 15 is 0 Å². The Morgan fingerprint density at radius 2 is 2.04 bits per heavy atom. The van der Waals surface area contributed by atoms with Crippen LogP contribution in [0.4, 0.5) is 4.39 Å². The number of hydrogen-bond acceptors (Lipinski definition) is 5. The Labute approximate surface area is 142 Å². The fraction of sp³-hybridized carbons (Fsp3) is 0.176. The van der Waals surface area contributed by atoms with E-state index in [0.29, 0.717) is 28.3 Å². The average molecular weight is 344 g/mol. The Kier molecular flexibility index (Phi) is 3.96. The van der Waals surface area contributed by atoms with E-state index in [9.17, 15) is 9.50 Å². The van der Waals surface area contributed by atoms with E-state index in [1.165, 1.54) is 16.8 Å². The Morgan fingerprint density at radius 3 is 2.60 bits per heavy atom. The fourth-order valence-corrected chi connectivity index (χ4v) is 2.93. The van der Waals surface area contributed by atoms with Crippen LogP contribution in [0.5, 0.6) is 5.75 Å². The number of oxime groups is 1. The number of phenolic OH excluding ortho intramolecular Hbond substituents is 1. The molecule has 3 rings (SSSR count). The van der Waals surface area contributed by atoms with E-state index in [1.54, 1.807) is 20.2 Å². The molecule has 7 nitrogen and oxygen atoms in total. The van der Waals surface area contributed by atoms with Gasteiger partial charge < -0.3 is 20.5 Å². The first-order valence-electron chi connectivity index (χ1n) is 7.44. The van der Waals surface area contributed by atoms with Crippen LogP contribution >= 0.6 is 0 Å². The maximum atomic E-state index is 14.4. The number of phenols is 1. The molecule has 130 valence electrons. The third kappa shape index (κ3) is 2.61. The molecule has 0 saturated heterocycles. The third-order valence-corrected chi connectivity index (χ3v) is 4.01. The highest BCUT2D eigenvalue weighted by atomic mass is 19.1. The number of amidine groups is 1. The van der Waals surface area contributed by atoms with Gasteiger partial charge in [0.05, 0.1) is 6.26 Å². The van der Waals surface area contributed by atoms with Crippen molar-refractivity contribution in [3.63, 3.8) is 0 Å². The van der Waals surface area contributed by atoms with Crippen molar-refractivity contribution in [1.82, 2.24) is 9.78 Å². The molecule has 0 spiro atoms. The van der Waals surface area contributed by atoms with Gasteiger partial charge in [0.2, 0.25) is 0 Å². The molecular formula is C17H17FN4O3. The highest BCUT2D eigenvalue weighted by Crippen LogP contribution is 2.39. The number of furan rings is 1. The number of halogens is 1. The molecular weight excluding hydrogens is 327 g/mol. The summed E-state index contributed by atoms with van der Waals surface area (Å²) in [6.07, 6.45) is 1.57. The Balaban J connectivity index is 2.41. The van der Waals surface area contributed by atoms with Gasteiger partial charge in [0.25, 0.3) is 0 Å². The Bertz CT molecular complexity index is 969. The summed E-state index contributed by atoms with van der Waals surface area (Å²) < 4.78 is 21.3. The molecule has 2 aromatic heterocycles. The zero-order chi connectivity index (χ0) is 18.3. The van der Waals surface area contributed by atoms with Crippen LogP contribution < -0.4 is 5.73 Å². The van der Waals surface area contributed by atoms with Gasteiger partial charge in [-0.2, -0.15) is 5.10 Å². The SMILES string of the molecule is Cc1coc(C)c1-c1c(-c2ccc(O)cc2F)nn(C)c1/C(N)=N/O. The molecule has 0 bridgehead atoms. The van der Waals surface area contributed by atoms with Crippen molar-refractivity contribution >= 4 is 5.84 Å². The molecule has 2 heterocycles. The maximum Gasteiger partial charge on any atom is 0.189 e. The lowest BCUT2D eigenvalue weighted by atomic mass is 9.96. The number of aryl methyl sites for hydroxylation is 3. The van der Waals surface area contributed by atoms with Crippen molar-refractivity contribution in [3.05, 3.63) is 47.3 Å². The number of benzene rings is 1. The molecule has 0 radical (unpaired) electrons. The van der Waals surface area contributed by atoms with E-state index < -0.39 is 5.82 Å². The number of hydrogen-bond donors (Lipinski definition) is 3. The zero-order valence-electron chi connectivity index (χ0n) is 13.9. The van der Waals surface area contributed by atoms with Crippen molar-refractivity contribution < 1.29 is 19.1 Å². The van der Waals surface area contributed by atoms with E-state index in [-0.39, 0.29) is 17.1 Å². The lowest BCUT2D eigenvalue weighted by Crippen LogP contribution is -2.18. The molecule has 3 aromatic rings. The second-order valence-corrected chi connectivity index (χ2v) is 5.70. The zero-order valence-corrected chi connectivity index (χ0v) is 13.9. The number of nitrogens with two attached hydrogens (primary N) is 1. The molecule has 0 fully saturated rings. The number of nitrogens with zero attached hydrogens (tertiary/aromatic N) is 3. The lowest BCUT2D eigenvalue weighted by Gasteiger charge is -2.08. The molecule has 25 heavy (non-hydrogen) atoms. The standard InChI is InChI=1S/C17H17FN4O3/c1-8-7-25-9(2)13(8)14-15(11-5-4-10(23)6-12(11)18)20-22(3)16(14)17(19)21-24/h4-7,23-24H,1-3H3,(H2,19,21). The molecule has 8 heteroatoms. The van der Waals surface area contributed by atoms with Gasteiger partial charge in [0, 0.05) is 29.8 Å². The lowest BCUT2D eigenvalue weighted by molar-refractivity contribution is 0.318. The smallest absolute Gasteiger partial charge is 0.189 e. The van der Waals surface area contributed by atoms with Gasteiger partial charge in [-0.25, -0.2) is 4.39 Å². The molecule has 0 saturated carbocycles. The van der Waals surface area contributed by atoms with Gasteiger partial charge >= 0.3 is 0 Å². The van der Waals surface area contributed by atoms with Crippen LogP contribution in [0.25, 0.3) is 22.4 Å². The largest absolute Gasteiger partial charge is 0.508 e. The molecule has 4 N–H and O–H groups in total. The summed E-state index contributed by atoms with van der Waals surface area (Å²) in [5, 5.41) is 26.0. The first kappa shape index (κ1) is 16.6. The van der Waals surface area contributed by atoms with E-state index in [2.05, 4.69) is 10.3 Å². The monoisotopic (exact) mass is 344 g/mol. The highest BCUT2D eigenvalue weighted by molar-refractivity contribution is 6.05. The van der Waals surface area contributed by atoms with Crippen molar-refractivity contribution in [2.24, 2.45) is 17.9 Å². The minimum atomic E-state index is -0.635. The maximum absolute atomic E-state index is 14.4. The molecule has 0 amide bonds. The van der Waals surface area contributed by atoms with Crippen LogP contribution in [0.15, 0.2) is 34.0 Å². The highest BCUT2D eigenvalue weighted by Gasteiger charge is 2.27. The molecule has 0 aliphatic carbocycles. The topological polar surface area (TPSA) is 110 Å². The fourth-order valence-electron chi connectivity index (χ4n) is 2.93. The van der Waals surface area contributed by atoms with Crippen LogP contribution in [0.3, 0.4) is 0 Å². The van der Waals surface area contributed by atoms with Crippen LogP contribution in [-0.2, 0) is 7.05 Å². The summed E-state index contributed by atoms with van der Waals surface area (Å²) in [5.41, 5.74) is 8.63. The van der Waals surface area contributed by atoms with Crippen LogP contribution in [0.2, 0.25) is 0 Å². The van der Waals surface area contributed by atoms with E-state index in [1.807, 2.05) is 6.92 Å². The summed E-state index contributed by atoms with van der Waals surface area (Å²) in [6, 6.07) is 3.80. The predicted molar refractivity (Wildman–Crippen MR) is 90.0 cm³/mol. The minimum absolute atomic E-state index is 0.157. The van der Waals surface area contributed by atoms with Crippen molar-refractivity contribution in [3.8, 4) is 28.1 Å².